The van der Waals surface area contributed by atoms with Gasteiger partial charge in [0.25, 0.3) is 0 Å². The standard InChI is InChI=1S/C63H76/c1-37-29-38(2)53(39(3)30-37)49-27-28-52-57-48(49)21-18-22-50(57)58-55(42-31-44(60(4,5)6)35-45(32-42)61(7,8)9)51-26-25-41(20-17-16-19-40-23-24-40)54(51)56(59(52)58)43-33-46(62(10,11)12)36-47(34-43)63(13,14)15/h18,21-29,31-36,39-41,48,57H,16-17,19-20,30H2,1-15H3. The van der Waals surface area contributed by atoms with E-state index in [4.69, 9.17) is 0 Å². The molecule has 4 unspecified atom stereocenters. The van der Waals surface area contributed by atoms with E-state index < -0.39 is 0 Å². The van der Waals surface area contributed by atoms with Gasteiger partial charge < -0.3 is 0 Å². The highest BCUT2D eigenvalue weighted by atomic mass is 14.5. The van der Waals surface area contributed by atoms with E-state index in [1.165, 1.54) is 115 Å². The molecule has 3 aromatic rings. The van der Waals surface area contributed by atoms with Crippen molar-refractivity contribution in [1.29, 1.82) is 0 Å². The van der Waals surface area contributed by atoms with Crippen LogP contribution in [0.5, 0.6) is 0 Å². The van der Waals surface area contributed by atoms with E-state index in [0.717, 1.165) is 12.3 Å². The number of benzene rings is 3. The number of unbranched alkanes of at least 4 members (excludes halogenated alkanes) is 1. The largest absolute Gasteiger partial charge is 0.0810 e. The molecule has 0 amide bonds. The van der Waals surface area contributed by atoms with Crippen LogP contribution in [0.2, 0.25) is 0 Å². The monoisotopic (exact) mass is 833 g/mol. The highest BCUT2D eigenvalue weighted by Gasteiger charge is 2.47. The second-order valence-electron chi connectivity index (χ2n) is 24.7. The second-order valence-corrected chi connectivity index (χ2v) is 24.7. The molecule has 0 N–H and O–H groups in total. The Labute approximate surface area is 382 Å². The molecule has 328 valence electrons. The molecule has 6 aliphatic carbocycles. The first kappa shape index (κ1) is 43.8. The highest BCUT2D eigenvalue weighted by Crippen LogP contribution is 2.63. The van der Waals surface area contributed by atoms with E-state index in [1.54, 1.807) is 11.1 Å². The van der Waals surface area contributed by atoms with Gasteiger partial charge in [-0.1, -0.05) is 206 Å². The molecular formula is C63H76. The van der Waals surface area contributed by atoms with E-state index >= 15 is 0 Å². The number of allylic oxidation sites excluding steroid dienone is 15. The molecule has 6 aliphatic rings. The van der Waals surface area contributed by atoms with Gasteiger partial charge in [0, 0.05) is 17.8 Å². The average molecular weight is 833 g/mol. The topological polar surface area (TPSA) is 0 Å². The maximum absolute atomic E-state index is 2.61. The van der Waals surface area contributed by atoms with Gasteiger partial charge in [0.1, 0.15) is 0 Å². The van der Waals surface area contributed by atoms with Gasteiger partial charge in [0.15, 0.2) is 0 Å². The van der Waals surface area contributed by atoms with Crippen LogP contribution in [-0.2, 0) is 21.7 Å². The summed E-state index contributed by atoms with van der Waals surface area (Å²) in [6, 6.07) is 15.4. The SMILES string of the molecule is CC1=CC(C)=C(C2=CC=C3c4c(c(-c5cc(C(C)(C)C)cc(C(C)(C)C)c5)c5c(c4-c4cc(C(C)(C)C)cc(C(C)(C)C)c4)C(CCCCC4C=C4)C=C5)C4=CC=CC2C43)C(C)C1. The zero-order chi connectivity index (χ0) is 45.1. The lowest BCUT2D eigenvalue weighted by molar-refractivity contribution is 0.568. The summed E-state index contributed by atoms with van der Waals surface area (Å²) in [5, 5.41) is 0. The van der Waals surface area contributed by atoms with E-state index in [9.17, 15) is 0 Å². The van der Waals surface area contributed by atoms with Crippen LogP contribution in [-0.4, -0.2) is 0 Å². The van der Waals surface area contributed by atoms with Crippen LogP contribution in [0.25, 0.3) is 39.5 Å². The Balaban J connectivity index is 1.40. The molecule has 0 aromatic heterocycles. The van der Waals surface area contributed by atoms with E-state index in [1.807, 2.05) is 0 Å². The summed E-state index contributed by atoms with van der Waals surface area (Å²) < 4.78 is 0. The summed E-state index contributed by atoms with van der Waals surface area (Å²) >= 11 is 0. The first-order valence-electron chi connectivity index (χ1n) is 24.6. The summed E-state index contributed by atoms with van der Waals surface area (Å²) in [6.07, 6.45) is 31.2. The fourth-order valence-corrected chi connectivity index (χ4v) is 11.8. The molecule has 0 radical (unpaired) electrons. The molecule has 4 atom stereocenters. The Bertz CT molecular complexity index is 2580. The quantitative estimate of drug-likeness (QED) is 0.157. The summed E-state index contributed by atoms with van der Waals surface area (Å²) in [5.74, 6) is 2.18. The normalized spacial score (nSPS) is 22.8. The minimum Gasteiger partial charge on any atom is -0.0810 e. The summed E-state index contributed by atoms with van der Waals surface area (Å²) in [4.78, 5) is 0. The molecule has 0 spiro atoms. The van der Waals surface area contributed by atoms with Crippen LogP contribution in [0.3, 0.4) is 0 Å². The Morgan fingerprint density at radius 2 is 1.05 bits per heavy atom. The van der Waals surface area contributed by atoms with Crippen molar-refractivity contribution in [3.05, 3.63) is 158 Å². The summed E-state index contributed by atoms with van der Waals surface area (Å²) in [5.41, 5.74) is 26.6. The summed E-state index contributed by atoms with van der Waals surface area (Å²) in [6.45, 7) is 35.9. The maximum atomic E-state index is 2.61. The first-order chi connectivity index (χ1) is 29.5. The minimum absolute atomic E-state index is 0.00982. The number of hydrogen-bond donors (Lipinski definition) is 0. The second kappa shape index (κ2) is 15.4. The van der Waals surface area contributed by atoms with Crippen molar-refractivity contribution in [2.75, 3.05) is 0 Å². The zero-order valence-corrected chi connectivity index (χ0v) is 41.7. The fraction of sp³-hybridized carbons (Fsp3) is 0.460. The maximum Gasteiger partial charge on any atom is 0.0206 e. The van der Waals surface area contributed by atoms with Crippen LogP contribution in [0.1, 0.15) is 186 Å². The Morgan fingerprint density at radius 1 is 0.540 bits per heavy atom. The predicted octanol–water partition coefficient (Wildman–Crippen LogP) is 17.9. The first-order valence-corrected chi connectivity index (χ1v) is 24.6. The van der Waals surface area contributed by atoms with Gasteiger partial charge in [-0.2, -0.15) is 0 Å². The van der Waals surface area contributed by atoms with Crippen molar-refractivity contribution in [1.82, 2.24) is 0 Å². The van der Waals surface area contributed by atoms with E-state index in [2.05, 4.69) is 201 Å². The molecule has 0 bridgehead atoms. The van der Waals surface area contributed by atoms with E-state index in [-0.39, 0.29) is 27.6 Å². The van der Waals surface area contributed by atoms with Crippen molar-refractivity contribution in [3.63, 3.8) is 0 Å². The van der Waals surface area contributed by atoms with E-state index in [0.29, 0.717) is 17.8 Å². The van der Waals surface area contributed by atoms with Crippen molar-refractivity contribution >= 4 is 17.2 Å². The lowest BCUT2D eigenvalue weighted by Crippen LogP contribution is -2.23. The number of rotatable bonds is 8. The molecule has 0 heteroatoms. The lowest BCUT2D eigenvalue weighted by Gasteiger charge is -2.36. The molecule has 0 nitrogen and oxygen atoms in total. The molecule has 0 fully saturated rings. The van der Waals surface area contributed by atoms with Crippen LogP contribution in [0, 0.1) is 23.7 Å². The van der Waals surface area contributed by atoms with Gasteiger partial charge in [-0.25, -0.2) is 0 Å². The van der Waals surface area contributed by atoms with Gasteiger partial charge in [-0.3, -0.25) is 0 Å². The Kier molecular flexibility index (Phi) is 10.7. The Hall–Kier alpha value is -4.42. The lowest BCUT2D eigenvalue weighted by atomic mass is 9.67. The molecule has 0 saturated heterocycles. The molecule has 0 aliphatic heterocycles. The third-order valence-corrected chi connectivity index (χ3v) is 15.4. The number of hydrogen-bond acceptors (Lipinski definition) is 0. The van der Waals surface area contributed by atoms with Gasteiger partial charge >= 0.3 is 0 Å². The average Bonchev–Trinajstić information content (AvgIpc) is 3.84. The van der Waals surface area contributed by atoms with Crippen molar-refractivity contribution in [2.24, 2.45) is 23.7 Å². The van der Waals surface area contributed by atoms with Crippen LogP contribution < -0.4 is 0 Å². The third kappa shape index (κ3) is 7.95. The third-order valence-electron chi connectivity index (χ3n) is 15.4. The van der Waals surface area contributed by atoms with Gasteiger partial charge in [-0.05, 0) is 161 Å². The molecular weight excluding hydrogens is 757 g/mol. The van der Waals surface area contributed by atoms with Crippen LogP contribution >= 0.6 is 0 Å². The predicted molar refractivity (Wildman–Crippen MR) is 275 cm³/mol. The zero-order valence-electron chi connectivity index (χ0n) is 41.7. The Morgan fingerprint density at radius 3 is 1.59 bits per heavy atom. The van der Waals surface area contributed by atoms with Gasteiger partial charge in [0.05, 0.1) is 0 Å². The van der Waals surface area contributed by atoms with Gasteiger partial charge in [0.2, 0.25) is 0 Å². The van der Waals surface area contributed by atoms with Crippen LogP contribution in [0.15, 0.2) is 113 Å². The molecule has 3 aromatic carbocycles. The van der Waals surface area contributed by atoms with Crippen molar-refractivity contribution in [3.8, 4) is 22.3 Å². The molecule has 0 saturated carbocycles. The molecule has 0 heterocycles. The summed E-state index contributed by atoms with van der Waals surface area (Å²) in [7, 11) is 0. The highest BCUT2D eigenvalue weighted by molar-refractivity contribution is 6.10. The number of fused-ring (bicyclic) bond motifs is 4. The van der Waals surface area contributed by atoms with Gasteiger partial charge in [-0.15, -0.1) is 0 Å². The molecule has 9 rings (SSSR count). The molecule has 63 heavy (non-hydrogen) atoms. The smallest absolute Gasteiger partial charge is 0.0206 e. The van der Waals surface area contributed by atoms with Crippen LogP contribution in [0.4, 0.5) is 0 Å². The van der Waals surface area contributed by atoms with Crippen molar-refractivity contribution in [2.45, 2.75) is 164 Å². The van der Waals surface area contributed by atoms with Crippen molar-refractivity contribution < 1.29 is 0 Å². The fourth-order valence-electron chi connectivity index (χ4n) is 11.8. The minimum atomic E-state index is 0.00982.